The van der Waals surface area contributed by atoms with Gasteiger partial charge >= 0.3 is 0 Å². The third-order valence-electron chi connectivity index (χ3n) is 1.88. The Bertz CT molecular complexity index is 569. The summed E-state index contributed by atoms with van der Waals surface area (Å²) in [6.45, 7) is 0. The Hall–Kier alpha value is -1.51. The second-order valence-electron chi connectivity index (χ2n) is 2.98. The Morgan fingerprint density at radius 2 is 2.06 bits per heavy atom. The number of carbonyl (C=O) groups excluding carboxylic acids is 1. The van der Waals surface area contributed by atoms with Gasteiger partial charge in [-0.15, -0.1) is 0 Å². The second-order valence-corrected chi connectivity index (χ2v) is 4.88. The van der Waals surface area contributed by atoms with Crippen molar-refractivity contribution in [2.45, 2.75) is 5.25 Å². The molecule has 17 heavy (non-hydrogen) atoms. The molecular weight excluding hydrogens is 274 g/mol. The SMILES string of the molecule is O=[C]C(c1ccc([N+](=O)[O-])cc1Cl)S(=O)(=O)O. The smallest absolute Gasteiger partial charge is 0.279 e. The average Bonchev–Trinajstić information content (AvgIpc) is 2.19. The number of rotatable bonds is 4. The van der Waals surface area contributed by atoms with Crippen molar-refractivity contribution in [2.24, 2.45) is 0 Å². The first-order valence-electron chi connectivity index (χ1n) is 4.05. The van der Waals surface area contributed by atoms with Gasteiger partial charge in [-0.2, -0.15) is 8.42 Å². The van der Waals surface area contributed by atoms with Gasteiger partial charge in [-0.05, 0) is 11.6 Å². The zero-order valence-electron chi connectivity index (χ0n) is 8.03. The number of halogens is 1. The summed E-state index contributed by atoms with van der Waals surface area (Å²) in [4.78, 5) is 20.1. The minimum absolute atomic E-state index is 0.269. The van der Waals surface area contributed by atoms with Crippen LogP contribution in [0.2, 0.25) is 5.02 Å². The summed E-state index contributed by atoms with van der Waals surface area (Å²) in [5, 5.41) is 8.11. The van der Waals surface area contributed by atoms with Gasteiger partial charge in [0.15, 0.2) is 5.25 Å². The van der Waals surface area contributed by atoms with Gasteiger partial charge in [0.25, 0.3) is 15.8 Å². The molecule has 1 unspecified atom stereocenters. The molecule has 0 saturated carbocycles. The zero-order valence-corrected chi connectivity index (χ0v) is 9.60. The molecule has 9 heteroatoms. The van der Waals surface area contributed by atoms with Gasteiger partial charge in [0.1, 0.15) is 0 Å². The largest absolute Gasteiger partial charge is 0.289 e. The van der Waals surface area contributed by atoms with Gasteiger partial charge in [0, 0.05) is 12.1 Å². The van der Waals surface area contributed by atoms with Crippen LogP contribution in [0.1, 0.15) is 10.8 Å². The Labute approximate surface area is 101 Å². The van der Waals surface area contributed by atoms with Crippen molar-refractivity contribution >= 4 is 33.7 Å². The van der Waals surface area contributed by atoms with Gasteiger partial charge < -0.3 is 0 Å². The predicted molar refractivity (Wildman–Crippen MR) is 58.1 cm³/mol. The maximum Gasteiger partial charge on any atom is 0.279 e. The maximum atomic E-state index is 10.8. The van der Waals surface area contributed by atoms with Crippen molar-refractivity contribution in [2.75, 3.05) is 0 Å². The summed E-state index contributed by atoms with van der Waals surface area (Å²) in [5.74, 6) is 0. The number of non-ortho nitro benzene ring substituents is 1. The Morgan fingerprint density at radius 1 is 1.47 bits per heavy atom. The summed E-state index contributed by atoms with van der Waals surface area (Å²) in [6.07, 6.45) is 1.11. The molecule has 1 aromatic carbocycles. The normalized spacial score (nSPS) is 13.1. The minimum Gasteiger partial charge on any atom is -0.289 e. The van der Waals surface area contributed by atoms with E-state index >= 15 is 0 Å². The molecule has 1 N–H and O–H groups in total. The first kappa shape index (κ1) is 13.6. The van der Waals surface area contributed by atoms with Crippen LogP contribution >= 0.6 is 11.6 Å². The number of hydrogen-bond donors (Lipinski definition) is 1. The van der Waals surface area contributed by atoms with E-state index in [2.05, 4.69) is 0 Å². The summed E-state index contributed by atoms with van der Waals surface area (Å²) in [7, 11) is -4.70. The van der Waals surface area contributed by atoms with E-state index in [4.69, 9.17) is 16.2 Å². The molecule has 1 rings (SSSR count). The monoisotopic (exact) mass is 278 g/mol. The molecular formula is C8H5ClNO6S. The van der Waals surface area contributed by atoms with Crippen LogP contribution in [0.25, 0.3) is 0 Å². The molecule has 0 fully saturated rings. The molecule has 0 aliphatic rings. The van der Waals surface area contributed by atoms with Crippen LogP contribution in [0.3, 0.4) is 0 Å². The molecule has 0 bridgehead atoms. The zero-order chi connectivity index (χ0) is 13.2. The third-order valence-corrected chi connectivity index (χ3v) is 3.16. The van der Waals surface area contributed by atoms with E-state index in [9.17, 15) is 23.3 Å². The van der Waals surface area contributed by atoms with Gasteiger partial charge in [0.2, 0.25) is 6.29 Å². The van der Waals surface area contributed by atoms with E-state index < -0.39 is 20.3 Å². The molecule has 0 aliphatic heterocycles. The van der Waals surface area contributed by atoms with Crippen LogP contribution in [-0.2, 0) is 14.9 Å². The molecule has 7 nitrogen and oxygen atoms in total. The van der Waals surface area contributed by atoms with E-state index in [1.807, 2.05) is 0 Å². The Morgan fingerprint density at radius 3 is 2.41 bits per heavy atom. The van der Waals surface area contributed by atoms with Gasteiger partial charge in [-0.3, -0.25) is 19.5 Å². The molecule has 1 radical (unpaired) electrons. The van der Waals surface area contributed by atoms with Crippen LogP contribution < -0.4 is 0 Å². The van der Waals surface area contributed by atoms with E-state index in [1.54, 1.807) is 0 Å². The quantitative estimate of drug-likeness (QED) is 0.504. The lowest BCUT2D eigenvalue weighted by Crippen LogP contribution is -2.13. The van der Waals surface area contributed by atoms with Crippen LogP contribution in [0.15, 0.2) is 18.2 Å². The number of nitro benzene ring substituents is 1. The van der Waals surface area contributed by atoms with Crippen molar-refractivity contribution in [3.63, 3.8) is 0 Å². The Kier molecular flexibility index (Phi) is 3.81. The molecule has 0 saturated heterocycles. The molecule has 1 aromatic rings. The van der Waals surface area contributed by atoms with Gasteiger partial charge in [-0.25, -0.2) is 0 Å². The molecule has 0 heterocycles. The average molecular weight is 279 g/mol. The van der Waals surface area contributed by atoms with Crippen LogP contribution in [-0.4, -0.2) is 24.2 Å². The lowest BCUT2D eigenvalue weighted by Gasteiger charge is -2.08. The summed E-state index contributed by atoms with van der Waals surface area (Å²) < 4.78 is 30.4. The van der Waals surface area contributed by atoms with Crippen LogP contribution in [0.4, 0.5) is 5.69 Å². The lowest BCUT2D eigenvalue weighted by atomic mass is 10.1. The van der Waals surface area contributed by atoms with Crippen LogP contribution in [0, 0.1) is 10.1 Å². The molecule has 0 aliphatic carbocycles. The van der Waals surface area contributed by atoms with Crippen LogP contribution in [0.5, 0.6) is 0 Å². The number of benzene rings is 1. The third kappa shape index (κ3) is 2.99. The predicted octanol–water partition coefficient (Wildman–Crippen LogP) is 1.29. The maximum absolute atomic E-state index is 10.8. The highest BCUT2D eigenvalue weighted by Crippen LogP contribution is 2.30. The second kappa shape index (κ2) is 4.78. The first-order valence-corrected chi connectivity index (χ1v) is 5.93. The van der Waals surface area contributed by atoms with E-state index in [0.717, 1.165) is 24.5 Å². The molecule has 0 spiro atoms. The van der Waals surface area contributed by atoms with Gasteiger partial charge in [-0.1, -0.05) is 11.6 Å². The number of nitro groups is 1. The van der Waals surface area contributed by atoms with Crippen molar-refractivity contribution in [3.05, 3.63) is 38.9 Å². The number of nitrogens with zero attached hydrogens (tertiary/aromatic N) is 1. The van der Waals surface area contributed by atoms with Crippen molar-refractivity contribution < 1.29 is 22.7 Å². The minimum atomic E-state index is -4.70. The van der Waals surface area contributed by atoms with E-state index in [1.165, 1.54) is 0 Å². The highest BCUT2D eigenvalue weighted by atomic mass is 35.5. The van der Waals surface area contributed by atoms with E-state index in [-0.39, 0.29) is 16.3 Å². The standard InChI is InChI=1S/C8H5ClNO6S/c9-7-3-5(10(12)13)1-2-6(7)8(4-11)17(14,15)16/h1-3,8H,(H,14,15,16). The lowest BCUT2D eigenvalue weighted by molar-refractivity contribution is -0.384. The van der Waals surface area contributed by atoms with Crippen molar-refractivity contribution in [1.29, 1.82) is 0 Å². The van der Waals surface area contributed by atoms with Gasteiger partial charge in [0.05, 0.1) is 9.95 Å². The molecule has 91 valence electrons. The fourth-order valence-electron chi connectivity index (χ4n) is 1.13. The fourth-order valence-corrected chi connectivity index (χ4v) is 2.12. The van der Waals surface area contributed by atoms with E-state index in [0.29, 0.717) is 0 Å². The fraction of sp³-hybridized carbons (Fsp3) is 0.125. The van der Waals surface area contributed by atoms with Crippen molar-refractivity contribution in [3.8, 4) is 0 Å². The topological polar surface area (TPSA) is 115 Å². The number of hydrogen-bond acceptors (Lipinski definition) is 5. The summed E-state index contributed by atoms with van der Waals surface area (Å²) >= 11 is 5.59. The molecule has 0 aromatic heterocycles. The molecule has 1 atom stereocenters. The van der Waals surface area contributed by atoms with Crippen molar-refractivity contribution in [1.82, 2.24) is 0 Å². The summed E-state index contributed by atoms with van der Waals surface area (Å²) in [5.41, 5.74) is -0.631. The highest BCUT2D eigenvalue weighted by Gasteiger charge is 2.28. The summed E-state index contributed by atoms with van der Waals surface area (Å²) in [6, 6.07) is 2.83. The molecule has 0 amide bonds. The Balaban J connectivity index is 3.33. The highest BCUT2D eigenvalue weighted by molar-refractivity contribution is 7.86. The first-order chi connectivity index (χ1) is 7.77.